The van der Waals surface area contributed by atoms with Gasteiger partial charge in [-0.05, 0) is 51.1 Å². The third kappa shape index (κ3) is 3.86. The van der Waals surface area contributed by atoms with Crippen molar-refractivity contribution in [2.45, 2.75) is 38.8 Å². The normalized spacial score (nSPS) is 17.4. The molecular weight excluding hydrogens is 348 g/mol. The Morgan fingerprint density at radius 2 is 2.04 bits per heavy atom. The van der Waals surface area contributed by atoms with E-state index in [0.717, 1.165) is 5.56 Å². The number of nitro benzene ring substituents is 1. The summed E-state index contributed by atoms with van der Waals surface area (Å²) in [7, 11) is 1.59. The topological polar surface area (TPSA) is 90.7 Å². The molecule has 0 spiro atoms. The van der Waals surface area contributed by atoms with Crippen LogP contribution in [-0.4, -0.2) is 23.5 Å². The summed E-state index contributed by atoms with van der Waals surface area (Å²) in [4.78, 5) is 23.3. The summed E-state index contributed by atoms with van der Waals surface area (Å²) < 4.78 is 11.3. The van der Waals surface area contributed by atoms with Crippen molar-refractivity contribution < 1.29 is 19.2 Å². The van der Waals surface area contributed by atoms with Gasteiger partial charge in [-0.1, -0.05) is 0 Å². The molecule has 2 aromatic rings. The number of nitro groups is 1. The molecule has 7 heteroatoms. The fourth-order valence-corrected chi connectivity index (χ4v) is 3.33. The number of nitrogens with zero attached hydrogens (tertiary/aromatic N) is 1. The van der Waals surface area contributed by atoms with E-state index in [0.29, 0.717) is 29.0 Å². The Hall–Kier alpha value is -3.09. The summed E-state index contributed by atoms with van der Waals surface area (Å²) in [6, 6.07) is 9.61. The average Bonchev–Trinajstić information content (AvgIpc) is 2.60. The number of benzene rings is 2. The van der Waals surface area contributed by atoms with Gasteiger partial charge in [0, 0.05) is 29.2 Å². The van der Waals surface area contributed by atoms with Gasteiger partial charge < -0.3 is 14.8 Å². The van der Waals surface area contributed by atoms with Crippen molar-refractivity contribution in [3.63, 3.8) is 0 Å². The Bertz CT molecular complexity index is 907. The molecule has 0 fully saturated rings. The van der Waals surface area contributed by atoms with Crippen molar-refractivity contribution in [3.8, 4) is 11.5 Å². The number of rotatable bonds is 4. The second kappa shape index (κ2) is 6.90. The van der Waals surface area contributed by atoms with Crippen LogP contribution in [0.25, 0.3) is 0 Å². The van der Waals surface area contributed by atoms with Gasteiger partial charge in [-0.25, -0.2) is 0 Å². The van der Waals surface area contributed by atoms with Gasteiger partial charge in [-0.15, -0.1) is 0 Å². The predicted molar refractivity (Wildman–Crippen MR) is 100 cm³/mol. The number of ether oxygens (including phenoxy) is 2. The van der Waals surface area contributed by atoms with Gasteiger partial charge in [-0.2, -0.15) is 0 Å². The highest BCUT2D eigenvalue weighted by atomic mass is 16.6. The maximum Gasteiger partial charge on any atom is 0.272 e. The van der Waals surface area contributed by atoms with Crippen molar-refractivity contribution in [2.24, 2.45) is 0 Å². The van der Waals surface area contributed by atoms with Crippen LogP contribution in [0.4, 0.5) is 5.69 Å². The molecule has 0 saturated carbocycles. The summed E-state index contributed by atoms with van der Waals surface area (Å²) in [5.41, 5.74) is 1.23. The van der Waals surface area contributed by atoms with E-state index >= 15 is 0 Å². The highest BCUT2D eigenvalue weighted by Gasteiger charge is 2.35. The fourth-order valence-electron chi connectivity index (χ4n) is 3.33. The maximum absolute atomic E-state index is 12.8. The molecule has 0 radical (unpaired) electrons. The van der Waals surface area contributed by atoms with Crippen LogP contribution in [0.1, 0.15) is 47.8 Å². The number of amides is 1. The minimum atomic E-state index is -0.458. The third-order valence-electron chi connectivity index (χ3n) is 4.64. The van der Waals surface area contributed by atoms with Gasteiger partial charge in [0.2, 0.25) is 0 Å². The van der Waals surface area contributed by atoms with E-state index in [1.54, 1.807) is 14.0 Å². The lowest BCUT2D eigenvalue weighted by Gasteiger charge is -2.38. The highest BCUT2D eigenvalue weighted by Crippen LogP contribution is 2.41. The zero-order chi connectivity index (χ0) is 19.8. The maximum atomic E-state index is 12.8. The number of carbonyl (C=O) groups excluding carboxylic acids is 1. The molecule has 0 aromatic heterocycles. The van der Waals surface area contributed by atoms with Crippen LogP contribution in [0.15, 0.2) is 36.4 Å². The molecule has 1 unspecified atom stereocenters. The minimum Gasteiger partial charge on any atom is -0.497 e. The molecule has 1 heterocycles. The van der Waals surface area contributed by atoms with Crippen molar-refractivity contribution in [1.82, 2.24) is 5.32 Å². The van der Waals surface area contributed by atoms with E-state index in [1.165, 1.54) is 18.2 Å². The summed E-state index contributed by atoms with van der Waals surface area (Å²) in [6.45, 7) is 5.55. The lowest BCUT2D eigenvalue weighted by atomic mass is 9.89. The monoisotopic (exact) mass is 370 g/mol. The molecule has 1 aliphatic rings. The Labute approximate surface area is 157 Å². The Balaban J connectivity index is 1.89. The lowest BCUT2D eigenvalue weighted by molar-refractivity contribution is -0.385. The molecule has 1 N–H and O–H groups in total. The molecule has 3 rings (SSSR count). The number of hydrogen-bond donors (Lipinski definition) is 1. The molecule has 0 bridgehead atoms. The van der Waals surface area contributed by atoms with Crippen molar-refractivity contribution >= 4 is 11.6 Å². The molecule has 142 valence electrons. The molecule has 2 aromatic carbocycles. The molecule has 7 nitrogen and oxygen atoms in total. The first-order valence-electron chi connectivity index (χ1n) is 8.63. The van der Waals surface area contributed by atoms with E-state index in [1.807, 2.05) is 32.0 Å². The van der Waals surface area contributed by atoms with E-state index in [9.17, 15) is 14.9 Å². The zero-order valence-electron chi connectivity index (χ0n) is 15.7. The number of carbonyl (C=O) groups is 1. The van der Waals surface area contributed by atoms with Crippen LogP contribution in [-0.2, 0) is 0 Å². The Kier molecular flexibility index (Phi) is 4.78. The van der Waals surface area contributed by atoms with Crippen LogP contribution in [0.3, 0.4) is 0 Å². The Morgan fingerprint density at radius 3 is 2.67 bits per heavy atom. The first kappa shape index (κ1) is 18.7. The molecule has 1 aliphatic heterocycles. The second-order valence-electron chi connectivity index (χ2n) is 7.25. The standard InChI is InChI=1S/C20H22N2O5/c1-12-9-13(5-7-17(12)22(24)25)19(23)21-16-11-20(2,3)27-18-8-6-14(26-4)10-15(16)18/h5-10,16H,11H2,1-4H3,(H,21,23). The molecule has 27 heavy (non-hydrogen) atoms. The zero-order valence-corrected chi connectivity index (χ0v) is 15.7. The van der Waals surface area contributed by atoms with Gasteiger partial charge in [0.05, 0.1) is 18.1 Å². The van der Waals surface area contributed by atoms with Crippen LogP contribution >= 0.6 is 0 Å². The van der Waals surface area contributed by atoms with Crippen LogP contribution in [0.5, 0.6) is 11.5 Å². The third-order valence-corrected chi connectivity index (χ3v) is 4.64. The predicted octanol–water partition coefficient (Wildman–Crippen LogP) is 3.94. The summed E-state index contributed by atoms with van der Waals surface area (Å²) in [6.07, 6.45) is 0.588. The van der Waals surface area contributed by atoms with Crippen LogP contribution in [0.2, 0.25) is 0 Å². The second-order valence-corrected chi connectivity index (χ2v) is 7.25. The fraction of sp³-hybridized carbons (Fsp3) is 0.350. The van der Waals surface area contributed by atoms with Crippen LogP contribution < -0.4 is 14.8 Å². The molecule has 1 atom stereocenters. The number of methoxy groups -OCH3 is 1. The van der Waals surface area contributed by atoms with Gasteiger partial charge in [-0.3, -0.25) is 14.9 Å². The number of aryl methyl sites for hydroxylation is 1. The summed E-state index contributed by atoms with van der Waals surface area (Å²) in [5.74, 6) is 1.10. The minimum absolute atomic E-state index is 0.00571. The van der Waals surface area contributed by atoms with Gasteiger partial charge in [0.15, 0.2) is 0 Å². The van der Waals surface area contributed by atoms with Crippen LogP contribution in [0, 0.1) is 17.0 Å². The van der Waals surface area contributed by atoms with Crippen molar-refractivity contribution in [2.75, 3.05) is 7.11 Å². The first-order valence-corrected chi connectivity index (χ1v) is 8.63. The highest BCUT2D eigenvalue weighted by molar-refractivity contribution is 5.95. The largest absolute Gasteiger partial charge is 0.497 e. The van der Waals surface area contributed by atoms with E-state index in [4.69, 9.17) is 9.47 Å². The van der Waals surface area contributed by atoms with E-state index in [-0.39, 0.29) is 17.6 Å². The summed E-state index contributed by atoms with van der Waals surface area (Å²) in [5, 5.41) is 14.0. The summed E-state index contributed by atoms with van der Waals surface area (Å²) >= 11 is 0. The van der Waals surface area contributed by atoms with E-state index < -0.39 is 10.5 Å². The number of nitrogens with one attached hydrogen (secondary N) is 1. The van der Waals surface area contributed by atoms with Crippen molar-refractivity contribution in [3.05, 3.63) is 63.2 Å². The number of hydrogen-bond acceptors (Lipinski definition) is 5. The first-order chi connectivity index (χ1) is 12.7. The average molecular weight is 370 g/mol. The molecular formula is C20H22N2O5. The Morgan fingerprint density at radius 1 is 1.30 bits per heavy atom. The molecule has 1 amide bonds. The lowest BCUT2D eigenvalue weighted by Crippen LogP contribution is -2.41. The molecule has 0 saturated heterocycles. The smallest absolute Gasteiger partial charge is 0.272 e. The van der Waals surface area contributed by atoms with Gasteiger partial charge >= 0.3 is 0 Å². The SMILES string of the molecule is COc1ccc2c(c1)C(NC(=O)c1ccc([N+](=O)[O-])c(C)c1)CC(C)(C)O2. The molecule has 0 aliphatic carbocycles. The van der Waals surface area contributed by atoms with Gasteiger partial charge in [0.25, 0.3) is 11.6 Å². The van der Waals surface area contributed by atoms with Gasteiger partial charge in [0.1, 0.15) is 17.1 Å². The van der Waals surface area contributed by atoms with Crippen molar-refractivity contribution in [1.29, 1.82) is 0 Å². The van der Waals surface area contributed by atoms with E-state index in [2.05, 4.69) is 5.32 Å². The quantitative estimate of drug-likeness (QED) is 0.650. The number of fused-ring (bicyclic) bond motifs is 1.